The summed E-state index contributed by atoms with van der Waals surface area (Å²) >= 11 is 0. The topological polar surface area (TPSA) is 105 Å². The van der Waals surface area contributed by atoms with Gasteiger partial charge in [0.15, 0.2) is 0 Å². The normalized spacial score (nSPS) is 19.4. The highest BCUT2D eigenvalue weighted by Gasteiger charge is 2.59. The van der Waals surface area contributed by atoms with E-state index in [1.165, 1.54) is 0 Å². The fraction of sp³-hybridized carbons (Fsp3) is 0.304. The lowest BCUT2D eigenvalue weighted by molar-refractivity contribution is -0.133. The van der Waals surface area contributed by atoms with E-state index in [4.69, 9.17) is 4.74 Å². The standard InChI is InChI=1S/C46H49N3O5S/c1-34-21-25-39(26-22-34)55(52,53)47-30-12-19-36-23-27-41-40(31-36)46(45(51)49(41)32-37-15-7-3-8-16-37)29-11-20-42(54-33-38-17-9-4-10-18-38)44(46)48-43(50)28-24-35-13-5-2-6-14-35/h2-10,13-18,21-23,25-27,31,42,44,47H,11-12,19-20,24,28-30,32-33H2,1H3,(H,48,50)/t42-,44+,46+/m1/s1. The number of rotatable bonds is 15. The molecule has 1 aliphatic heterocycles. The van der Waals surface area contributed by atoms with Gasteiger partial charge in [-0.15, -0.1) is 0 Å². The second-order valence-corrected chi connectivity index (χ2v) is 16.5. The summed E-state index contributed by atoms with van der Waals surface area (Å²) < 4.78 is 35.3. The molecule has 1 fully saturated rings. The third kappa shape index (κ3) is 8.75. The zero-order chi connectivity index (χ0) is 38.3. The highest BCUT2D eigenvalue weighted by molar-refractivity contribution is 7.89. The van der Waals surface area contributed by atoms with E-state index < -0.39 is 27.6 Å². The molecule has 8 nitrogen and oxygen atoms in total. The predicted molar refractivity (Wildman–Crippen MR) is 216 cm³/mol. The number of aryl methyl sites for hydroxylation is 3. The number of carbonyl (C=O) groups is 2. The van der Waals surface area contributed by atoms with Crippen molar-refractivity contribution in [3.63, 3.8) is 0 Å². The summed E-state index contributed by atoms with van der Waals surface area (Å²) in [5.74, 6) is -0.146. The monoisotopic (exact) mass is 755 g/mol. The molecule has 1 heterocycles. The van der Waals surface area contributed by atoms with Crippen LogP contribution in [0.1, 0.15) is 65.5 Å². The number of benzene rings is 5. The number of ether oxygens (including phenoxy) is 1. The molecule has 0 aromatic heterocycles. The van der Waals surface area contributed by atoms with Crippen LogP contribution in [-0.2, 0) is 55.8 Å². The molecule has 2 N–H and O–H groups in total. The van der Waals surface area contributed by atoms with Crippen LogP contribution in [-0.4, -0.2) is 38.9 Å². The van der Waals surface area contributed by atoms with E-state index in [1.807, 2.05) is 115 Å². The van der Waals surface area contributed by atoms with Crippen molar-refractivity contribution in [2.45, 2.75) is 87.5 Å². The number of carbonyl (C=O) groups excluding carboxylic acids is 2. The van der Waals surface area contributed by atoms with Crippen LogP contribution in [0, 0.1) is 6.92 Å². The quantitative estimate of drug-likeness (QED) is 0.107. The van der Waals surface area contributed by atoms with Gasteiger partial charge in [-0.3, -0.25) is 9.59 Å². The summed E-state index contributed by atoms with van der Waals surface area (Å²) in [4.78, 5) is 31.3. The Bertz CT molecular complexity index is 2180. The molecule has 1 saturated carbocycles. The van der Waals surface area contributed by atoms with Gasteiger partial charge in [0.1, 0.15) is 0 Å². The highest BCUT2D eigenvalue weighted by atomic mass is 32.2. The third-order valence-corrected chi connectivity index (χ3v) is 12.5. The van der Waals surface area contributed by atoms with Crippen molar-refractivity contribution in [3.05, 3.63) is 167 Å². The molecule has 1 spiro atoms. The largest absolute Gasteiger partial charge is 0.371 e. The van der Waals surface area contributed by atoms with E-state index in [9.17, 15) is 13.2 Å². The Hall–Kier alpha value is -5.09. The van der Waals surface area contributed by atoms with Crippen LogP contribution < -0.4 is 14.9 Å². The summed E-state index contributed by atoms with van der Waals surface area (Å²) in [6.45, 7) is 2.96. The second kappa shape index (κ2) is 17.1. The van der Waals surface area contributed by atoms with E-state index in [2.05, 4.69) is 16.1 Å². The molecule has 2 amide bonds. The molecular weight excluding hydrogens is 707 g/mol. The molecule has 0 radical (unpaired) electrons. The van der Waals surface area contributed by atoms with Crippen LogP contribution >= 0.6 is 0 Å². The van der Waals surface area contributed by atoms with Crippen LogP contribution in [0.2, 0.25) is 0 Å². The number of hydrogen-bond acceptors (Lipinski definition) is 5. The van der Waals surface area contributed by atoms with Crippen molar-refractivity contribution >= 4 is 27.5 Å². The fourth-order valence-corrected chi connectivity index (χ4v) is 9.18. The molecule has 9 heteroatoms. The molecule has 5 aromatic rings. The molecule has 55 heavy (non-hydrogen) atoms. The van der Waals surface area contributed by atoms with Crippen LogP contribution in [0.3, 0.4) is 0 Å². The lowest BCUT2D eigenvalue weighted by atomic mass is 9.65. The van der Waals surface area contributed by atoms with Crippen molar-refractivity contribution in [1.82, 2.24) is 10.0 Å². The predicted octanol–water partition coefficient (Wildman–Crippen LogP) is 7.58. The van der Waals surface area contributed by atoms with Gasteiger partial charge in [0.05, 0.1) is 35.6 Å². The maximum absolute atomic E-state index is 15.2. The SMILES string of the molecule is Cc1ccc(S(=O)(=O)NCCCc2ccc3c(c2)[C@]2(CCC[C@@H](OCc4ccccc4)[C@@H]2NC(=O)CCc2ccccc2)C(=O)N3Cc2ccccc2)cc1. The van der Waals surface area contributed by atoms with Gasteiger partial charge in [0.2, 0.25) is 21.8 Å². The second-order valence-electron chi connectivity index (χ2n) is 14.8. The van der Waals surface area contributed by atoms with Gasteiger partial charge in [-0.2, -0.15) is 0 Å². The van der Waals surface area contributed by atoms with Crippen LogP contribution in [0.15, 0.2) is 138 Å². The summed E-state index contributed by atoms with van der Waals surface area (Å²) in [5.41, 5.74) is 5.81. The average Bonchev–Trinajstić information content (AvgIpc) is 3.43. The van der Waals surface area contributed by atoms with E-state index >= 15 is 4.79 Å². The van der Waals surface area contributed by atoms with Gasteiger partial charge in [0, 0.05) is 18.7 Å². The van der Waals surface area contributed by atoms with E-state index in [0.29, 0.717) is 45.3 Å². The number of nitrogens with zero attached hydrogens (tertiary/aromatic N) is 1. The molecule has 7 rings (SSSR count). The molecule has 0 saturated heterocycles. The number of hydrogen-bond donors (Lipinski definition) is 2. The molecule has 3 atom stereocenters. The zero-order valence-corrected chi connectivity index (χ0v) is 32.1. The number of sulfonamides is 1. The molecule has 284 valence electrons. The van der Waals surface area contributed by atoms with Crippen molar-refractivity contribution in [2.75, 3.05) is 11.4 Å². The highest BCUT2D eigenvalue weighted by Crippen LogP contribution is 2.52. The van der Waals surface area contributed by atoms with Crippen LogP contribution in [0.4, 0.5) is 5.69 Å². The Labute approximate surface area is 325 Å². The third-order valence-electron chi connectivity index (χ3n) is 11.0. The molecule has 5 aromatic carbocycles. The van der Waals surface area contributed by atoms with E-state index in [-0.39, 0.29) is 29.7 Å². The molecule has 2 aliphatic rings. The minimum absolute atomic E-state index is 0.0317. The lowest BCUT2D eigenvalue weighted by Crippen LogP contribution is -2.63. The van der Waals surface area contributed by atoms with Crippen LogP contribution in [0.25, 0.3) is 0 Å². The summed E-state index contributed by atoms with van der Waals surface area (Å²) in [6.07, 6.45) is 3.68. The lowest BCUT2D eigenvalue weighted by Gasteiger charge is -2.45. The van der Waals surface area contributed by atoms with Gasteiger partial charge in [-0.25, -0.2) is 13.1 Å². The van der Waals surface area contributed by atoms with E-state index in [0.717, 1.165) is 45.5 Å². The number of anilines is 1. The van der Waals surface area contributed by atoms with Crippen molar-refractivity contribution in [2.24, 2.45) is 0 Å². The van der Waals surface area contributed by atoms with Gasteiger partial charge in [-0.1, -0.05) is 121 Å². The molecular formula is C46H49N3O5S. The molecule has 1 aliphatic carbocycles. The first-order chi connectivity index (χ1) is 26.7. The molecule has 0 bridgehead atoms. The van der Waals surface area contributed by atoms with Crippen molar-refractivity contribution in [1.29, 1.82) is 0 Å². The number of fused-ring (bicyclic) bond motifs is 2. The Morgan fingerprint density at radius 2 is 1.45 bits per heavy atom. The first-order valence-corrected chi connectivity index (χ1v) is 20.8. The Kier molecular flexibility index (Phi) is 11.9. The maximum atomic E-state index is 15.2. The Balaban J connectivity index is 1.19. The summed E-state index contributed by atoms with van der Waals surface area (Å²) in [6, 6.07) is 42.3. The van der Waals surface area contributed by atoms with Gasteiger partial charge >= 0.3 is 0 Å². The smallest absolute Gasteiger partial charge is 0.240 e. The van der Waals surface area contributed by atoms with Crippen LogP contribution in [0.5, 0.6) is 0 Å². The minimum Gasteiger partial charge on any atom is -0.371 e. The van der Waals surface area contributed by atoms with Gasteiger partial charge in [0.25, 0.3) is 0 Å². The first-order valence-electron chi connectivity index (χ1n) is 19.3. The number of amides is 2. The van der Waals surface area contributed by atoms with E-state index in [1.54, 1.807) is 24.3 Å². The summed E-state index contributed by atoms with van der Waals surface area (Å²) in [5, 5.41) is 3.38. The number of nitrogens with one attached hydrogen (secondary N) is 2. The Morgan fingerprint density at radius 1 is 0.800 bits per heavy atom. The minimum atomic E-state index is -3.64. The average molecular weight is 756 g/mol. The Morgan fingerprint density at radius 3 is 2.15 bits per heavy atom. The maximum Gasteiger partial charge on any atom is 0.240 e. The fourth-order valence-electron chi connectivity index (χ4n) is 8.10. The van der Waals surface area contributed by atoms with Crippen molar-refractivity contribution < 1.29 is 22.7 Å². The van der Waals surface area contributed by atoms with Gasteiger partial charge < -0.3 is 15.0 Å². The first kappa shape index (κ1) is 38.2. The van der Waals surface area contributed by atoms with Gasteiger partial charge in [-0.05, 0) is 91.5 Å². The molecule has 0 unspecified atom stereocenters. The van der Waals surface area contributed by atoms with Crippen molar-refractivity contribution in [3.8, 4) is 0 Å². The summed E-state index contributed by atoms with van der Waals surface area (Å²) in [7, 11) is -3.64. The zero-order valence-electron chi connectivity index (χ0n) is 31.3.